The quantitative estimate of drug-likeness (QED) is 0.918. The minimum Gasteiger partial charge on any atom is -0.383 e. The van der Waals surface area contributed by atoms with Crippen LogP contribution in [0, 0.1) is 6.92 Å². The molecule has 0 saturated carbocycles. The SMILES string of the molecule is Cc1ccc(C(O)c2cnn(C)c2)c(Br)c1. The van der Waals surface area contributed by atoms with E-state index >= 15 is 0 Å². The summed E-state index contributed by atoms with van der Waals surface area (Å²) in [5.41, 5.74) is 2.82. The molecule has 0 bridgehead atoms. The van der Waals surface area contributed by atoms with Gasteiger partial charge >= 0.3 is 0 Å². The molecule has 0 fully saturated rings. The molecular formula is C12H13BrN2O. The molecule has 4 heteroatoms. The Kier molecular flexibility index (Phi) is 3.12. The third-order valence-corrected chi connectivity index (χ3v) is 3.18. The predicted molar refractivity (Wildman–Crippen MR) is 66.1 cm³/mol. The Morgan fingerprint density at radius 1 is 1.44 bits per heavy atom. The van der Waals surface area contributed by atoms with Crippen molar-refractivity contribution in [2.24, 2.45) is 7.05 Å². The molecule has 3 nitrogen and oxygen atoms in total. The molecule has 84 valence electrons. The number of aliphatic hydroxyl groups excluding tert-OH is 1. The highest BCUT2D eigenvalue weighted by atomic mass is 79.9. The van der Waals surface area contributed by atoms with Crippen molar-refractivity contribution in [3.63, 3.8) is 0 Å². The van der Waals surface area contributed by atoms with Gasteiger partial charge in [-0.2, -0.15) is 5.10 Å². The molecule has 2 aromatic rings. The molecule has 16 heavy (non-hydrogen) atoms. The molecule has 1 aromatic carbocycles. The molecule has 0 radical (unpaired) electrons. The lowest BCUT2D eigenvalue weighted by Crippen LogP contribution is -1.99. The lowest BCUT2D eigenvalue weighted by Gasteiger charge is -2.11. The zero-order valence-electron chi connectivity index (χ0n) is 9.18. The Hall–Kier alpha value is -1.13. The fourth-order valence-electron chi connectivity index (χ4n) is 1.61. The zero-order chi connectivity index (χ0) is 11.7. The third-order valence-electron chi connectivity index (χ3n) is 2.49. The van der Waals surface area contributed by atoms with Gasteiger partial charge < -0.3 is 5.11 Å². The number of aromatic nitrogens is 2. The van der Waals surface area contributed by atoms with E-state index < -0.39 is 6.10 Å². The average molecular weight is 281 g/mol. The summed E-state index contributed by atoms with van der Waals surface area (Å²) in [6.07, 6.45) is 2.86. The van der Waals surface area contributed by atoms with Gasteiger partial charge in [0, 0.05) is 23.3 Å². The third kappa shape index (κ3) is 2.18. The highest BCUT2D eigenvalue weighted by Crippen LogP contribution is 2.28. The number of aryl methyl sites for hydroxylation is 2. The maximum absolute atomic E-state index is 10.2. The second kappa shape index (κ2) is 4.39. The van der Waals surface area contributed by atoms with Crippen molar-refractivity contribution < 1.29 is 5.11 Å². The highest BCUT2D eigenvalue weighted by Gasteiger charge is 2.14. The maximum Gasteiger partial charge on any atom is 0.108 e. The molecule has 0 amide bonds. The molecule has 1 unspecified atom stereocenters. The number of hydrogen-bond donors (Lipinski definition) is 1. The normalized spacial score (nSPS) is 12.8. The van der Waals surface area contributed by atoms with Crippen LogP contribution in [0.25, 0.3) is 0 Å². The van der Waals surface area contributed by atoms with Crippen LogP contribution >= 0.6 is 15.9 Å². The molecule has 1 heterocycles. The number of nitrogens with zero attached hydrogens (tertiary/aromatic N) is 2. The van der Waals surface area contributed by atoms with Crippen molar-refractivity contribution in [1.82, 2.24) is 9.78 Å². The molecule has 0 aliphatic heterocycles. The van der Waals surface area contributed by atoms with Gasteiger partial charge in [-0.15, -0.1) is 0 Å². The Morgan fingerprint density at radius 3 is 2.75 bits per heavy atom. The Bertz CT molecular complexity index is 507. The fraction of sp³-hybridized carbons (Fsp3) is 0.250. The number of aliphatic hydroxyl groups is 1. The first-order valence-electron chi connectivity index (χ1n) is 5.00. The van der Waals surface area contributed by atoms with E-state index in [4.69, 9.17) is 0 Å². The first kappa shape index (κ1) is 11.4. The van der Waals surface area contributed by atoms with Crippen molar-refractivity contribution >= 4 is 15.9 Å². The van der Waals surface area contributed by atoms with E-state index in [-0.39, 0.29) is 0 Å². The number of benzene rings is 1. The average Bonchev–Trinajstić information content (AvgIpc) is 2.64. The number of hydrogen-bond acceptors (Lipinski definition) is 2. The molecule has 0 saturated heterocycles. The summed E-state index contributed by atoms with van der Waals surface area (Å²) in [5.74, 6) is 0. The van der Waals surface area contributed by atoms with Crippen LogP contribution in [0.3, 0.4) is 0 Å². The van der Waals surface area contributed by atoms with Crippen LogP contribution < -0.4 is 0 Å². The minimum atomic E-state index is -0.635. The van der Waals surface area contributed by atoms with Crippen LogP contribution in [0.1, 0.15) is 22.8 Å². The van der Waals surface area contributed by atoms with E-state index in [1.54, 1.807) is 10.9 Å². The molecule has 0 aliphatic carbocycles. The topological polar surface area (TPSA) is 38.1 Å². The lowest BCUT2D eigenvalue weighted by atomic mass is 10.0. The molecule has 1 atom stereocenters. The van der Waals surface area contributed by atoms with Crippen molar-refractivity contribution in [1.29, 1.82) is 0 Å². The van der Waals surface area contributed by atoms with Crippen molar-refractivity contribution in [3.8, 4) is 0 Å². The van der Waals surface area contributed by atoms with Gasteiger partial charge in [0.15, 0.2) is 0 Å². The molecule has 1 N–H and O–H groups in total. The van der Waals surface area contributed by atoms with Crippen LogP contribution in [-0.4, -0.2) is 14.9 Å². The second-order valence-electron chi connectivity index (χ2n) is 3.87. The second-order valence-corrected chi connectivity index (χ2v) is 4.73. The smallest absolute Gasteiger partial charge is 0.108 e. The van der Waals surface area contributed by atoms with Gasteiger partial charge in [0.1, 0.15) is 6.10 Å². The first-order valence-corrected chi connectivity index (χ1v) is 5.80. The van der Waals surface area contributed by atoms with E-state index in [9.17, 15) is 5.11 Å². The fourth-order valence-corrected chi connectivity index (χ4v) is 2.32. The lowest BCUT2D eigenvalue weighted by molar-refractivity contribution is 0.219. The zero-order valence-corrected chi connectivity index (χ0v) is 10.8. The predicted octanol–water partition coefficient (Wildman–Crippen LogP) is 2.57. The molecule has 2 rings (SSSR count). The summed E-state index contributed by atoms with van der Waals surface area (Å²) in [6.45, 7) is 2.02. The van der Waals surface area contributed by atoms with Crippen LogP contribution in [0.15, 0.2) is 35.1 Å². The van der Waals surface area contributed by atoms with Crippen molar-refractivity contribution in [2.75, 3.05) is 0 Å². The van der Waals surface area contributed by atoms with E-state index in [1.807, 2.05) is 38.4 Å². The minimum absolute atomic E-state index is 0.635. The van der Waals surface area contributed by atoms with Crippen LogP contribution in [0.5, 0.6) is 0 Å². The summed E-state index contributed by atoms with van der Waals surface area (Å²) in [6, 6.07) is 5.91. The van der Waals surface area contributed by atoms with E-state index in [2.05, 4.69) is 21.0 Å². The van der Waals surface area contributed by atoms with Gasteiger partial charge in [-0.05, 0) is 24.1 Å². The van der Waals surface area contributed by atoms with Crippen LogP contribution in [0.4, 0.5) is 0 Å². The molecule has 0 spiro atoms. The summed E-state index contributed by atoms with van der Waals surface area (Å²) in [5, 5.41) is 14.2. The summed E-state index contributed by atoms with van der Waals surface area (Å²) in [4.78, 5) is 0. The van der Waals surface area contributed by atoms with Crippen molar-refractivity contribution in [3.05, 3.63) is 51.8 Å². The van der Waals surface area contributed by atoms with Gasteiger partial charge in [0.05, 0.1) is 6.20 Å². The highest BCUT2D eigenvalue weighted by molar-refractivity contribution is 9.10. The molecular weight excluding hydrogens is 268 g/mol. The summed E-state index contributed by atoms with van der Waals surface area (Å²) in [7, 11) is 1.83. The monoisotopic (exact) mass is 280 g/mol. The number of rotatable bonds is 2. The number of halogens is 1. The van der Waals surface area contributed by atoms with Gasteiger partial charge in [-0.1, -0.05) is 28.1 Å². The molecule has 1 aromatic heterocycles. The van der Waals surface area contributed by atoms with E-state index in [0.717, 1.165) is 21.2 Å². The van der Waals surface area contributed by atoms with Gasteiger partial charge in [0.25, 0.3) is 0 Å². The molecule has 0 aliphatic rings. The van der Waals surface area contributed by atoms with Crippen LogP contribution in [-0.2, 0) is 7.05 Å². The standard InChI is InChI=1S/C12H13BrN2O/c1-8-3-4-10(11(13)5-8)12(16)9-6-14-15(2)7-9/h3-7,12,16H,1-2H3. The summed E-state index contributed by atoms with van der Waals surface area (Å²) >= 11 is 3.46. The largest absolute Gasteiger partial charge is 0.383 e. The Balaban J connectivity index is 2.37. The van der Waals surface area contributed by atoms with Crippen molar-refractivity contribution in [2.45, 2.75) is 13.0 Å². The Labute approximate surface area is 103 Å². The van der Waals surface area contributed by atoms with E-state index in [0.29, 0.717) is 0 Å². The van der Waals surface area contributed by atoms with Gasteiger partial charge in [0.2, 0.25) is 0 Å². The summed E-state index contributed by atoms with van der Waals surface area (Å²) < 4.78 is 2.60. The first-order chi connectivity index (χ1) is 7.58. The van der Waals surface area contributed by atoms with Gasteiger partial charge in [-0.3, -0.25) is 4.68 Å². The van der Waals surface area contributed by atoms with Crippen LogP contribution in [0.2, 0.25) is 0 Å². The van der Waals surface area contributed by atoms with E-state index in [1.165, 1.54) is 0 Å². The maximum atomic E-state index is 10.2. The van der Waals surface area contributed by atoms with Gasteiger partial charge in [-0.25, -0.2) is 0 Å². The Morgan fingerprint density at radius 2 is 2.19 bits per heavy atom.